The van der Waals surface area contributed by atoms with Crippen LogP contribution in [0.2, 0.25) is 0 Å². The highest BCUT2D eigenvalue weighted by Crippen LogP contribution is 2.23. The van der Waals surface area contributed by atoms with E-state index < -0.39 is 0 Å². The fourth-order valence-electron chi connectivity index (χ4n) is 3.26. The highest BCUT2D eigenvalue weighted by atomic mass is 15.2. The molecule has 1 aliphatic rings. The van der Waals surface area contributed by atoms with E-state index in [9.17, 15) is 0 Å². The summed E-state index contributed by atoms with van der Waals surface area (Å²) in [5.74, 6) is 0. The van der Waals surface area contributed by atoms with Gasteiger partial charge in [0.1, 0.15) is 5.65 Å². The normalized spacial score (nSPS) is 19.8. The van der Waals surface area contributed by atoms with E-state index in [-0.39, 0.29) is 5.54 Å². The number of imidazole rings is 1. The van der Waals surface area contributed by atoms with Crippen LogP contribution in [0.15, 0.2) is 24.4 Å². The summed E-state index contributed by atoms with van der Waals surface area (Å²) in [7, 11) is 0. The zero-order valence-corrected chi connectivity index (χ0v) is 13.0. The number of rotatable bonds is 4. The number of hydrogen-bond donors (Lipinski definition) is 2. The molecule has 2 aromatic rings. The molecule has 1 saturated heterocycles. The molecule has 21 heavy (non-hydrogen) atoms. The molecule has 0 spiro atoms. The van der Waals surface area contributed by atoms with Crippen molar-refractivity contribution >= 4 is 5.65 Å². The number of nitrogens with one attached hydrogen (secondary N) is 1. The number of aromatic nitrogens is 2. The molecule has 114 valence electrons. The van der Waals surface area contributed by atoms with E-state index in [1.807, 2.05) is 6.07 Å². The Morgan fingerprint density at radius 1 is 1.33 bits per heavy atom. The van der Waals surface area contributed by atoms with E-state index >= 15 is 0 Å². The van der Waals surface area contributed by atoms with Crippen LogP contribution in [-0.2, 0) is 6.42 Å². The number of piperazine rings is 1. The molecule has 0 aliphatic carbocycles. The highest BCUT2D eigenvalue weighted by molar-refractivity contribution is 5.43. The lowest BCUT2D eigenvalue weighted by Gasteiger charge is -2.43. The van der Waals surface area contributed by atoms with Crippen LogP contribution in [0.5, 0.6) is 0 Å². The SMILES string of the molecule is Cc1nc2ccccn2c1CC(C)(CN)N1CCNCC1. The Balaban J connectivity index is 1.93. The molecule has 0 amide bonds. The molecule has 3 heterocycles. The highest BCUT2D eigenvalue weighted by Gasteiger charge is 2.33. The molecule has 1 unspecified atom stereocenters. The molecule has 1 aliphatic heterocycles. The maximum Gasteiger partial charge on any atom is 0.137 e. The average molecular weight is 287 g/mol. The van der Waals surface area contributed by atoms with Gasteiger partial charge in [-0.05, 0) is 26.0 Å². The molecule has 2 aromatic heterocycles. The van der Waals surface area contributed by atoms with Crippen molar-refractivity contribution in [1.82, 2.24) is 19.6 Å². The van der Waals surface area contributed by atoms with E-state index in [1.165, 1.54) is 5.69 Å². The standard InChI is InChI=1S/C16H25N5/c1-13-14(21-8-4-3-5-15(21)19-13)11-16(2,12-17)20-9-6-18-7-10-20/h3-5,8,18H,6-7,9-12,17H2,1-2H3. The molecule has 0 aromatic carbocycles. The number of nitrogens with zero attached hydrogens (tertiary/aromatic N) is 3. The van der Waals surface area contributed by atoms with Crippen LogP contribution in [0.25, 0.3) is 5.65 Å². The van der Waals surface area contributed by atoms with Crippen molar-refractivity contribution in [1.29, 1.82) is 0 Å². The molecule has 1 atom stereocenters. The first kappa shape index (κ1) is 14.5. The van der Waals surface area contributed by atoms with E-state index in [4.69, 9.17) is 5.73 Å². The van der Waals surface area contributed by atoms with E-state index in [0.717, 1.165) is 43.9 Å². The van der Waals surface area contributed by atoms with Gasteiger partial charge >= 0.3 is 0 Å². The Morgan fingerprint density at radius 3 is 2.81 bits per heavy atom. The van der Waals surface area contributed by atoms with Crippen LogP contribution in [0.1, 0.15) is 18.3 Å². The lowest BCUT2D eigenvalue weighted by atomic mass is 9.92. The zero-order chi connectivity index (χ0) is 14.9. The number of nitrogens with two attached hydrogens (primary N) is 1. The van der Waals surface area contributed by atoms with Crippen LogP contribution in [0.3, 0.4) is 0 Å². The second-order valence-corrected chi connectivity index (χ2v) is 6.19. The van der Waals surface area contributed by atoms with Crippen molar-refractivity contribution in [3.05, 3.63) is 35.8 Å². The second-order valence-electron chi connectivity index (χ2n) is 6.19. The number of aryl methyl sites for hydroxylation is 1. The fourth-order valence-corrected chi connectivity index (χ4v) is 3.26. The smallest absolute Gasteiger partial charge is 0.137 e. The van der Waals surface area contributed by atoms with Gasteiger partial charge in [-0.2, -0.15) is 0 Å². The summed E-state index contributed by atoms with van der Waals surface area (Å²) in [4.78, 5) is 7.19. The maximum absolute atomic E-state index is 6.16. The van der Waals surface area contributed by atoms with E-state index in [0.29, 0.717) is 6.54 Å². The lowest BCUT2D eigenvalue weighted by Crippen LogP contribution is -2.59. The lowest BCUT2D eigenvalue weighted by molar-refractivity contribution is 0.0934. The van der Waals surface area contributed by atoms with Crippen molar-refractivity contribution in [2.75, 3.05) is 32.7 Å². The van der Waals surface area contributed by atoms with Gasteiger partial charge in [-0.15, -0.1) is 0 Å². The predicted octanol–water partition coefficient (Wildman–Crippen LogP) is 0.808. The summed E-state index contributed by atoms with van der Waals surface area (Å²) in [6, 6.07) is 6.15. The van der Waals surface area contributed by atoms with Crippen LogP contribution in [0.4, 0.5) is 0 Å². The molecule has 3 rings (SSSR count). The quantitative estimate of drug-likeness (QED) is 0.873. The van der Waals surface area contributed by atoms with Crippen LogP contribution < -0.4 is 11.1 Å². The Bertz CT molecular complexity index is 614. The van der Waals surface area contributed by atoms with Gasteiger partial charge in [0.2, 0.25) is 0 Å². The van der Waals surface area contributed by atoms with Crippen molar-refractivity contribution in [3.63, 3.8) is 0 Å². The third-order valence-electron chi connectivity index (χ3n) is 4.70. The average Bonchev–Trinajstić information content (AvgIpc) is 2.84. The number of hydrogen-bond acceptors (Lipinski definition) is 4. The topological polar surface area (TPSA) is 58.6 Å². The number of fused-ring (bicyclic) bond motifs is 1. The molecule has 1 fully saturated rings. The predicted molar refractivity (Wildman–Crippen MR) is 85.5 cm³/mol. The molecule has 0 saturated carbocycles. The maximum atomic E-state index is 6.16. The monoisotopic (exact) mass is 287 g/mol. The fraction of sp³-hybridized carbons (Fsp3) is 0.562. The zero-order valence-electron chi connectivity index (χ0n) is 13.0. The molecule has 0 radical (unpaired) electrons. The third-order valence-corrected chi connectivity index (χ3v) is 4.70. The van der Waals surface area contributed by atoms with Gasteiger partial charge < -0.3 is 15.5 Å². The Labute approximate surface area is 126 Å². The van der Waals surface area contributed by atoms with Crippen molar-refractivity contribution in [2.45, 2.75) is 25.8 Å². The third kappa shape index (κ3) is 2.69. The largest absolute Gasteiger partial charge is 0.329 e. The van der Waals surface area contributed by atoms with Gasteiger partial charge in [-0.1, -0.05) is 6.07 Å². The second kappa shape index (κ2) is 5.75. The summed E-state index contributed by atoms with van der Waals surface area (Å²) in [5.41, 5.74) is 9.54. The summed E-state index contributed by atoms with van der Waals surface area (Å²) >= 11 is 0. The Kier molecular flexibility index (Phi) is 3.97. The van der Waals surface area contributed by atoms with Gasteiger partial charge in [0.25, 0.3) is 0 Å². The van der Waals surface area contributed by atoms with Gasteiger partial charge in [0, 0.05) is 56.6 Å². The molecule has 0 bridgehead atoms. The first-order valence-electron chi connectivity index (χ1n) is 7.72. The molecular formula is C16H25N5. The van der Waals surface area contributed by atoms with Gasteiger partial charge in [-0.25, -0.2) is 4.98 Å². The Hall–Kier alpha value is -1.43. The molecular weight excluding hydrogens is 262 g/mol. The summed E-state index contributed by atoms with van der Waals surface area (Å²) in [5, 5.41) is 3.41. The molecule has 3 N–H and O–H groups in total. The minimum absolute atomic E-state index is 0.0152. The van der Waals surface area contributed by atoms with Crippen molar-refractivity contribution < 1.29 is 0 Å². The minimum Gasteiger partial charge on any atom is -0.329 e. The molecule has 5 nitrogen and oxygen atoms in total. The van der Waals surface area contributed by atoms with Gasteiger partial charge in [-0.3, -0.25) is 4.90 Å². The van der Waals surface area contributed by atoms with Gasteiger partial charge in [0.15, 0.2) is 0 Å². The number of pyridine rings is 1. The van der Waals surface area contributed by atoms with Crippen molar-refractivity contribution in [3.8, 4) is 0 Å². The Morgan fingerprint density at radius 2 is 2.10 bits per heavy atom. The summed E-state index contributed by atoms with van der Waals surface area (Å²) in [6.45, 7) is 9.24. The van der Waals surface area contributed by atoms with Gasteiger partial charge in [0.05, 0.1) is 5.69 Å². The van der Waals surface area contributed by atoms with E-state index in [2.05, 4.69) is 51.8 Å². The first-order chi connectivity index (χ1) is 10.1. The van der Waals surface area contributed by atoms with E-state index in [1.54, 1.807) is 0 Å². The summed E-state index contributed by atoms with van der Waals surface area (Å²) in [6.07, 6.45) is 3.03. The first-order valence-corrected chi connectivity index (χ1v) is 7.72. The van der Waals surface area contributed by atoms with Crippen LogP contribution in [0, 0.1) is 6.92 Å². The molecule has 5 heteroatoms. The van der Waals surface area contributed by atoms with Crippen molar-refractivity contribution in [2.24, 2.45) is 5.73 Å². The summed E-state index contributed by atoms with van der Waals surface area (Å²) < 4.78 is 2.20. The minimum atomic E-state index is -0.0152. The van der Waals surface area contributed by atoms with Crippen LogP contribution in [-0.4, -0.2) is 52.5 Å². The van der Waals surface area contributed by atoms with Crippen LogP contribution >= 0.6 is 0 Å².